The molecule has 1 unspecified atom stereocenters. The number of benzene rings is 1. The number of rotatable bonds is 3. The number of aliphatic hydroxyl groups excluding tert-OH is 1. The van der Waals surface area contributed by atoms with Crippen LogP contribution in [0.15, 0.2) is 36.4 Å². The van der Waals surface area contributed by atoms with E-state index in [0.717, 1.165) is 0 Å². The van der Waals surface area contributed by atoms with E-state index in [-0.39, 0.29) is 5.57 Å². The highest BCUT2D eigenvalue weighted by Crippen LogP contribution is 2.26. The molecule has 74 valence electrons. The molecule has 0 fully saturated rings. The zero-order valence-electron chi connectivity index (χ0n) is 7.40. The Kier molecular flexibility index (Phi) is 3.28. The van der Waals surface area contributed by atoms with Crippen molar-refractivity contribution in [3.8, 4) is 0 Å². The molecule has 0 aliphatic rings. The van der Waals surface area contributed by atoms with Crippen molar-refractivity contribution in [2.24, 2.45) is 5.73 Å². The normalized spacial score (nSPS) is 12.1. The predicted octanol–water partition coefficient (Wildman–Crippen LogP) is 1.41. The van der Waals surface area contributed by atoms with Crippen LogP contribution in [0.2, 0.25) is 5.02 Å². The van der Waals surface area contributed by atoms with Crippen molar-refractivity contribution in [3.63, 3.8) is 0 Å². The van der Waals surface area contributed by atoms with E-state index < -0.39 is 12.0 Å². The fourth-order valence-corrected chi connectivity index (χ4v) is 1.26. The summed E-state index contributed by atoms with van der Waals surface area (Å²) >= 11 is 5.81. The largest absolute Gasteiger partial charge is 0.383 e. The molecule has 0 bridgehead atoms. The zero-order valence-corrected chi connectivity index (χ0v) is 8.16. The van der Waals surface area contributed by atoms with Crippen LogP contribution in [0.1, 0.15) is 11.7 Å². The minimum absolute atomic E-state index is 0.0712. The number of aliphatic hydroxyl groups is 1. The molecule has 3 nitrogen and oxygen atoms in total. The molecule has 1 amide bonds. The predicted molar refractivity (Wildman–Crippen MR) is 54.7 cm³/mol. The van der Waals surface area contributed by atoms with Crippen LogP contribution in [0.25, 0.3) is 0 Å². The average Bonchev–Trinajstić information content (AvgIpc) is 2.16. The first kappa shape index (κ1) is 10.8. The van der Waals surface area contributed by atoms with Crippen molar-refractivity contribution < 1.29 is 9.90 Å². The summed E-state index contributed by atoms with van der Waals surface area (Å²) in [6, 6.07) is 6.67. The molecule has 0 saturated heterocycles. The Balaban J connectivity index is 3.01. The topological polar surface area (TPSA) is 63.3 Å². The van der Waals surface area contributed by atoms with E-state index in [1.807, 2.05) is 0 Å². The first-order chi connectivity index (χ1) is 6.54. The minimum atomic E-state index is -1.14. The quantitative estimate of drug-likeness (QED) is 0.743. The molecule has 1 aromatic rings. The van der Waals surface area contributed by atoms with Crippen LogP contribution >= 0.6 is 11.6 Å². The van der Waals surface area contributed by atoms with Crippen LogP contribution < -0.4 is 5.73 Å². The molecule has 1 rings (SSSR count). The van der Waals surface area contributed by atoms with Crippen molar-refractivity contribution in [2.75, 3.05) is 0 Å². The highest BCUT2D eigenvalue weighted by Gasteiger charge is 2.17. The Morgan fingerprint density at radius 2 is 2.07 bits per heavy atom. The van der Waals surface area contributed by atoms with E-state index in [1.54, 1.807) is 24.3 Å². The SMILES string of the molecule is C=C(C(N)=O)C(O)c1ccccc1Cl. The van der Waals surface area contributed by atoms with Gasteiger partial charge >= 0.3 is 0 Å². The van der Waals surface area contributed by atoms with Gasteiger partial charge in [0, 0.05) is 16.2 Å². The third-order valence-corrected chi connectivity index (χ3v) is 2.19. The number of carbonyl (C=O) groups excluding carboxylic acids is 1. The number of hydrogen-bond donors (Lipinski definition) is 2. The van der Waals surface area contributed by atoms with E-state index >= 15 is 0 Å². The smallest absolute Gasteiger partial charge is 0.247 e. The van der Waals surface area contributed by atoms with Gasteiger partial charge in [0.15, 0.2) is 0 Å². The van der Waals surface area contributed by atoms with Gasteiger partial charge in [-0.2, -0.15) is 0 Å². The molecular weight excluding hydrogens is 202 g/mol. The summed E-state index contributed by atoms with van der Waals surface area (Å²) < 4.78 is 0. The van der Waals surface area contributed by atoms with Crippen molar-refractivity contribution in [1.29, 1.82) is 0 Å². The molecule has 0 radical (unpaired) electrons. The van der Waals surface area contributed by atoms with E-state index in [4.69, 9.17) is 17.3 Å². The lowest BCUT2D eigenvalue weighted by Crippen LogP contribution is -2.18. The van der Waals surface area contributed by atoms with Gasteiger partial charge in [0.1, 0.15) is 6.10 Å². The molecule has 3 N–H and O–H groups in total. The van der Waals surface area contributed by atoms with Crippen LogP contribution in [-0.2, 0) is 4.79 Å². The van der Waals surface area contributed by atoms with Gasteiger partial charge < -0.3 is 10.8 Å². The van der Waals surface area contributed by atoms with Crippen LogP contribution in [0.3, 0.4) is 0 Å². The molecule has 0 heterocycles. The Bertz CT molecular complexity index is 376. The second-order valence-electron chi connectivity index (χ2n) is 2.81. The molecule has 4 heteroatoms. The van der Waals surface area contributed by atoms with Gasteiger partial charge in [0.25, 0.3) is 0 Å². The summed E-state index contributed by atoms with van der Waals surface area (Å²) in [5, 5.41) is 10.0. The Labute approximate surface area is 86.8 Å². The standard InChI is InChI=1S/C10H10ClNO2/c1-6(10(12)14)9(13)7-4-2-3-5-8(7)11/h2-5,9,13H,1H2,(H2,12,14). The molecule has 1 aromatic carbocycles. The van der Waals surface area contributed by atoms with Crippen molar-refractivity contribution in [2.45, 2.75) is 6.10 Å². The average molecular weight is 212 g/mol. The van der Waals surface area contributed by atoms with Gasteiger partial charge in [0.05, 0.1) is 0 Å². The number of halogens is 1. The number of amides is 1. The second kappa shape index (κ2) is 4.26. The summed E-state index contributed by atoms with van der Waals surface area (Å²) in [5.41, 5.74) is 5.34. The molecule has 0 spiro atoms. The Morgan fingerprint density at radius 3 is 2.57 bits per heavy atom. The molecule has 14 heavy (non-hydrogen) atoms. The molecule has 0 aliphatic carbocycles. The first-order valence-electron chi connectivity index (χ1n) is 3.95. The highest BCUT2D eigenvalue weighted by molar-refractivity contribution is 6.31. The maximum absolute atomic E-state index is 10.7. The lowest BCUT2D eigenvalue weighted by atomic mass is 10.0. The minimum Gasteiger partial charge on any atom is -0.383 e. The van der Waals surface area contributed by atoms with Gasteiger partial charge in [0.2, 0.25) is 5.91 Å². The maximum atomic E-state index is 10.7. The molecule has 1 atom stereocenters. The van der Waals surface area contributed by atoms with Crippen LogP contribution in [0.4, 0.5) is 0 Å². The highest BCUT2D eigenvalue weighted by atomic mass is 35.5. The number of hydrogen-bond acceptors (Lipinski definition) is 2. The molecule has 0 saturated carbocycles. The van der Waals surface area contributed by atoms with Gasteiger partial charge in [-0.25, -0.2) is 0 Å². The number of nitrogens with two attached hydrogens (primary N) is 1. The van der Waals surface area contributed by atoms with E-state index in [2.05, 4.69) is 6.58 Å². The fraction of sp³-hybridized carbons (Fsp3) is 0.100. The van der Waals surface area contributed by atoms with E-state index in [9.17, 15) is 9.90 Å². The monoisotopic (exact) mass is 211 g/mol. The summed E-state index contributed by atoms with van der Waals surface area (Å²) in [7, 11) is 0. The Hall–Kier alpha value is -1.32. The third kappa shape index (κ3) is 2.13. The third-order valence-electron chi connectivity index (χ3n) is 1.85. The maximum Gasteiger partial charge on any atom is 0.247 e. The first-order valence-corrected chi connectivity index (χ1v) is 4.33. The zero-order chi connectivity index (χ0) is 10.7. The van der Waals surface area contributed by atoms with Gasteiger partial charge in [-0.3, -0.25) is 4.79 Å². The van der Waals surface area contributed by atoms with E-state index in [0.29, 0.717) is 10.6 Å². The van der Waals surface area contributed by atoms with E-state index in [1.165, 1.54) is 0 Å². The summed E-state index contributed by atoms with van der Waals surface area (Å²) in [6.45, 7) is 3.39. The molecule has 0 aliphatic heterocycles. The van der Waals surface area contributed by atoms with Gasteiger partial charge in [-0.15, -0.1) is 0 Å². The van der Waals surface area contributed by atoms with Crippen molar-refractivity contribution >= 4 is 17.5 Å². The van der Waals surface area contributed by atoms with Crippen LogP contribution in [0.5, 0.6) is 0 Å². The summed E-state index contributed by atoms with van der Waals surface area (Å²) in [6.07, 6.45) is -1.14. The van der Waals surface area contributed by atoms with Gasteiger partial charge in [-0.1, -0.05) is 36.4 Å². The van der Waals surface area contributed by atoms with Crippen LogP contribution in [0, 0.1) is 0 Å². The number of primary amides is 1. The molecular formula is C10H10ClNO2. The lowest BCUT2D eigenvalue weighted by molar-refractivity contribution is -0.115. The summed E-state index contributed by atoms with van der Waals surface area (Å²) in [4.78, 5) is 10.7. The second-order valence-corrected chi connectivity index (χ2v) is 3.22. The molecule has 0 aromatic heterocycles. The van der Waals surface area contributed by atoms with Crippen molar-refractivity contribution in [3.05, 3.63) is 47.0 Å². The van der Waals surface area contributed by atoms with Gasteiger partial charge in [-0.05, 0) is 6.07 Å². The lowest BCUT2D eigenvalue weighted by Gasteiger charge is -2.12. The Morgan fingerprint density at radius 1 is 1.50 bits per heavy atom. The fourth-order valence-electron chi connectivity index (χ4n) is 1.02. The van der Waals surface area contributed by atoms with Crippen molar-refractivity contribution in [1.82, 2.24) is 0 Å². The summed E-state index contributed by atoms with van der Waals surface area (Å²) in [5.74, 6) is -0.739. The number of carbonyl (C=O) groups is 1. The van der Waals surface area contributed by atoms with Crippen LogP contribution in [-0.4, -0.2) is 11.0 Å².